The van der Waals surface area contributed by atoms with Gasteiger partial charge in [-0.2, -0.15) is 5.10 Å². The molecule has 9 heteroatoms. The summed E-state index contributed by atoms with van der Waals surface area (Å²) in [7, 11) is 0. The van der Waals surface area contributed by atoms with E-state index in [1.165, 1.54) is 0 Å². The predicted octanol–water partition coefficient (Wildman–Crippen LogP) is 5.18. The van der Waals surface area contributed by atoms with Gasteiger partial charge in [0.05, 0.1) is 12.6 Å². The number of amides is 3. The summed E-state index contributed by atoms with van der Waals surface area (Å²) >= 11 is 1.13. The van der Waals surface area contributed by atoms with E-state index >= 15 is 0 Å². The highest BCUT2D eigenvalue weighted by molar-refractivity contribution is 7.15. The van der Waals surface area contributed by atoms with Crippen molar-refractivity contribution in [2.75, 3.05) is 10.6 Å². The van der Waals surface area contributed by atoms with E-state index in [1.54, 1.807) is 18.3 Å². The number of nitrogens with zero attached hydrogens (tertiary/aromatic N) is 3. The van der Waals surface area contributed by atoms with Crippen LogP contribution in [0.5, 0.6) is 0 Å². The maximum Gasteiger partial charge on any atom is 0.325 e. The molecule has 0 bridgehead atoms. The van der Waals surface area contributed by atoms with Gasteiger partial charge < -0.3 is 5.32 Å². The van der Waals surface area contributed by atoms with Crippen molar-refractivity contribution in [3.05, 3.63) is 95.5 Å². The fraction of sp³-hybridized carbons (Fsp3) is 0.0385. The van der Waals surface area contributed by atoms with E-state index in [9.17, 15) is 9.59 Å². The zero-order valence-electron chi connectivity index (χ0n) is 18.4. The molecule has 1 heterocycles. The lowest BCUT2D eigenvalue weighted by Crippen LogP contribution is -2.19. The van der Waals surface area contributed by atoms with Crippen LogP contribution in [0.3, 0.4) is 0 Å². The normalized spacial score (nSPS) is 11.1. The molecule has 35 heavy (non-hydrogen) atoms. The highest BCUT2D eigenvalue weighted by atomic mass is 32.1. The molecule has 8 nitrogen and oxygen atoms in total. The Morgan fingerprint density at radius 2 is 1.49 bits per heavy atom. The van der Waals surface area contributed by atoms with E-state index < -0.39 is 6.03 Å². The van der Waals surface area contributed by atoms with Crippen LogP contribution in [0.1, 0.15) is 10.6 Å². The lowest BCUT2D eigenvalue weighted by atomic mass is 9.97. The molecule has 0 unspecified atom stereocenters. The fourth-order valence-corrected chi connectivity index (χ4v) is 4.42. The Kier molecular flexibility index (Phi) is 6.40. The van der Waals surface area contributed by atoms with Crippen molar-refractivity contribution in [2.24, 2.45) is 5.10 Å². The second kappa shape index (κ2) is 10.1. The summed E-state index contributed by atoms with van der Waals surface area (Å²) in [5, 5.41) is 22.5. The van der Waals surface area contributed by atoms with E-state index in [0.717, 1.165) is 38.4 Å². The van der Waals surface area contributed by atoms with Gasteiger partial charge >= 0.3 is 6.03 Å². The van der Waals surface area contributed by atoms with Crippen LogP contribution in [0.4, 0.5) is 15.6 Å². The van der Waals surface area contributed by atoms with Crippen LogP contribution in [-0.2, 0) is 11.2 Å². The van der Waals surface area contributed by atoms with Crippen molar-refractivity contribution in [3.63, 3.8) is 0 Å². The van der Waals surface area contributed by atoms with Gasteiger partial charge in [-0.15, -0.1) is 10.2 Å². The fourth-order valence-electron chi connectivity index (χ4n) is 3.69. The number of benzene rings is 4. The average molecular weight is 481 g/mol. The molecule has 0 atom stereocenters. The molecule has 0 radical (unpaired) electrons. The minimum Gasteiger partial charge on any atom is -0.308 e. The molecule has 0 spiro atoms. The Labute approximate surface area is 204 Å². The van der Waals surface area contributed by atoms with E-state index in [2.05, 4.69) is 49.6 Å². The zero-order valence-corrected chi connectivity index (χ0v) is 19.3. The van der Waals surface area contributed by atoms with E-state index in [4.69, 9.17) is 0 Å². The van der Waals surface area contributed by atoms with Crippen LogP contribution in [0, 0.1) is 0 Å². The molecule has 3 amide bonds. The van der Waals surface area contributed by atoms with E-state index in [-0.39, 0.29) is 12.3 Å². The molecule has 172 valence electrons. The smallest absolute Gasteiger partial charge is 0.308 e. The molecule has 5 aromatic rings. The molecular weight excluding hydrogens is 460 g/mol. The number of fused-ring (bicyclic) bond motifs is 2. The molecule has 0 saturated carbocycles. The average Bonchev–Trinajstić information content (AvgIpc) is 3.30. The largest absolute Gasteiger partial charge is 0.325 e. The van der Waals surface area contributed by atoms with Crippen molar-refractivity contribution >= 4 is 61.9 Å². The minimum atomic E-state index is -0.435. The number of rotatable bonds is 6. The molecule has 1 aromatic heterocycles. The number of hydrogen-bond acceptors (Lipinski definition) is 6. The molecule has 4 aromatic carbocycles. The number of anilines is 2. The third kappa shape index (κ3) is 5.31. The number of aromatic nitrogens is 2. The monoisotopic (exact) mass is 480 g/mol. The molecule has 0 aliphatic carbocycles. The summed E-state index contributed by atoms with van der Waals surface area (Å²) in [6, 6.07) is 26.9. The summed E-state index contributed by atoms with van der Waals surface area (Å²) in [5.74, 6) is -0.331. The highest BCUT2D eigenvalue weighted by Gasteiger charge is 2.12. The molecule has 3 N–H and O–H groups in total. The summed E-state index contributed by atoms with van der Waals surface area (Å²) < 4.78 is 0. The zero-order chi connectivity index (χ0) is 24.0. The summed E-state index contributed by atoms with van der Waals surface area (Å²) in [4.78, 5) is 24.5. The number of carbonyl (C=O) groups is 2. The lowest BCUT2D eigenvalue weighted by Gasteiger charge is -2.07. The second-order valence-corrected chi connectivity index (χ2v) is 8.71. The Morgan fingerprint density at radius 1 is 0.829 bits per heavy atom. The van der Waals surface area contributed by atoms with Gasteiger partial charge in [-0.3, -0.25) is 10.1 Å². The van der Waals surface area contributed by atoms with E-state index in [0.29, 0.717) is 15.8 Å². The SMILES string of the molecule is O=C(Cc1nnc(NC(=O)Nc2ccccc2)s1)N/N=C/c1c2ccccc2cc2ccccc12. The third-order valence-corrected chi connectivity index (χ3v) is 6.07. The number of para-hydroxylation sites is 1. The number of nitrogens with one attached hydrogen (secondary N) is 3. The van der Waals surface area contributed by atoms with Crippen LogP contribution in [0.2, 0.25) is 0 Å². The Morgan fingerprint density at radius 3 is 2.20 bits per heavy atom. The summed E-state index contributed by atoms with van der Waals surface area (Å²) in [6.45, 7) is 0. The number of carbonyl (C=O) groups excluding carboxylic acids is 2. The van der Waals surface area contributed by atoms with Gasteiger partial charge in [-0.1, -0.05) is 78.1 Å². The quantitative estimate of drug-likeness (QED) is 0.177. The maximum absolute atomic E-state index is 12.4. The van der Waals surface area contributed by atoms with Crippen LogP contribution >= 0.6 is 11.3 Å². The number of hydrogen-bond donors (Lipinski definition) is 3. The van der Waals surface area contributed by atoms with Gasteiger partial charge in [0.25, 0.3) is 0 Å². The van der Waals surface area contributed by atoms with Crippen molar-refractivity contribution in [1.82, 2.24) is 15.6 Å². The first kappa shape index (κ1) is 22.2. The Hall–Kier alpha value is -4.63. The van der Waals surface area contributed by atoms with Crippen molar-refractivity contribution < 1.29 is 9.59 Å². The Balaban J connectivity index is 1.22. The van der Waals surface area contributed by atoms with E-state index in [1.807, 2.05) is 54.6 Å². The van der Waals surface area contributed by atoms with Crippen molar-refractivity contribution in [3.8, 4) is 0 Å². The first-order chi connectivity index (χ1) is 17.2. The molecular formula is C26H20N6O2S. The third-order valence-electron chi connectivity index (χ3n) is 5.23. The topological polar surface area (TPSA) is 108 Å². The standard InChI is InChI=1S/C26H20N6O2S/c33-23(15-24-31-32-26(35-24)29-25(34)28-19-10-2-1-3-11-19)30-27-16-22-20-12-6-4-8-17(20)14-18-9-5-7-13-21(18)22/h1-14,16H,15H2,(H,30,33)(H2,28,29,32,34)/b27-16+. The first-order valence-electron chi connectivity index (χ1n) is 10.8. The number of urea groups is 1. The van der Waals surface area contributed by atoms with Crippen LogP contribution in [0.25, 0.3) is 21.5 Å². The van der Waals surface area contributed by atoms with Gasteiger partial charge in [0.1, 0.15) is 5.01 Å². The van der Waals surface area contributed by atoms with Crippen LogP contribution < -0.4 is 16.1 Å². The van der Waals surface area contributed by atoms with Gasteiger partial charge in [0.15, 0.2) is 0 Å². The molecule has 0 fully saturated rings. The van der Waals surface area contributed by atoms with Crippen LogP contribution in [0.15, 0.2) is 90.0 Å². The summed E-state index contributed by atoms with van der Waals surface area (Å²) in [5.41, 5.74) is 4.16. The lowest BCUT2D eigenvalue weighted by molar-refractivity contribution is -0.120. The van der Waals surface area contributed by atoms with Crippen molar-refractivity contribution in [1.29, 1.82) is 0 Å². The van der Waals surface area contributed by atoms with Gasteiger partial charge in [0, 0.05) is 11.3 Å². The Bertz CT molecular complexity index is 1490. The molecule has 0 aliphatic rings. The predicted molar refractivity (Wildman–Crippen MR) is 140 cm³/mol. The second-order valence-electron chi connectivity index (χ2n) is 7.65. The molecule has 0 aliphatic heterocycles. The van der Waals surface area contributed by atoms with Crippen molar-refractivity contribution in [2.45, 2.75) is 6.42 Å². The van der Waals surface area contributed by atoms with Crippen LogP contribution in [-0.4, -0.2) is 28.4 Å². The number of hydrazone groups is 1. The minimum absolute atomic E-state index is 0.00667. The molecule has 0 saturated heterocycles. The molecule has 5 rings (SSSR count). The first-order valence-corrected chi connectivity index (χ1v) is 11.7. The van der Waals surface area contributed by atoms with Gasteiger partial charge in [-0.25, -0.2) is 10.2 Å². The summed E-state index contributed by atoms with van der Waals surface area (Å²) in [6.07, 6.45) is 1.66. The highest BCUT2D eigenvalue weighted by Crippen LogP contribution is 2.27. The van der Waals surface area contributed by atoms with Gasteiger partial charge in [0.2, 0.25) is 11.0 Å². The maximum atomic E-state index is 12.4. The van der Waals surface area contributed by atoms with Gasteiger partial charge in [-0.05, 0) is 39.7 Å².